The smallest absolute Gasteiger partial charge is 0.280 e. The van der Waals surface area contributed by atoms with E-state index in [1.807, 2.05) is 0 Å². The minimum absolute atomic E-state index is 0.131. The molecule has 1 unspecified atom stereocenters. The standard InChI is InChI=1S/C20H17ClFN7O2/c1-27-8-23-19-17(27)20(30)29(9-24-19)7-15-25-18(26-31-15)16-11-5-28(6-12(11)16)10-2-3-14(22)13(21)4-10/h2-4,8-9,11-12,16H,5-7H2,1H3/t11-,12+,16?. The first-order valence-corrected chi connectivity index (χ1v) is 10.3. The zero-order valence-corrected chi connectivity index (χ0v) is 17.2. The predicted octanol–water partition coefficient (Wildman–Crippen LogP) is 2.20. The highest BCUT2D eigenvalue weighted by molar-refractivity contribution is 6.31. The van der Waals surface area contributed by atoms with Gasteiger partial charge in [-0.2, -0.15) is 4.98 Å². The van der Waals surface area contributed by atoms with E-state index in [0.717, 1.165) is 18.8 Å². The number of fused-ring (bicyclic) bond motifs is 2. The van der Waals surface area contributed by atoms with E-state index < -0.39 is 5.82 Å². The summed E-state index contributed by atoms with van der Waals surface area (Å²) in [7, 11) is 1.75. The molecule has 1 saturated carbocycles. The van der Waals surface area contributed by atoms with Crippen LogP contribution in [0.1, 0.15) is 17.6 Å². The summed E-state index contributed by atoms with van der Waals surface area (Å²) in [5.41, 5.74) is 1.55. The maximum atomic E-state index is 13.4. The van der Waals surface area contributed by atoms with Crippen molar-refractivity contribution >= 4 is 28.5 Å². The van der Waals surface area contributed by atoms with Gasteiger partial charge >= 0.3 is 0 Å². The van der Waals surface area contributed by atoms with E-state index in [2.05, 4.69) is 25.0 Å². The summed E-state index contributed by atoms with van der Waals surface area (Å²) in [6, 6.07) is 4.80. The van der Waals surface area contributed by atoms with Crippen LogP contribution in [0, 0.1) is 17.7 Å². The molecule has 0 spiro atoms. The maximum absolute atomic E-state index is 13.4. The van der Waals surface area contributed by atoms with Crippen LogP contribution in [-0.2, 0) is 13.6 Å². The third-order valence-electron chi connectivity index (χ3n) is 6.25. The molecule has 3 atom stereocenters. The highest BCUT2D eigenvalue weighted by Crippen LogP contribution is 2.58. The highest BCUT2D eigenvalue weighted by atomic mass is 35.5. The average Bonchev–Trinajstić information content (AvgIpc) is 3.18. The lowest BCUT2D eigenvalue weighted by atomic mass is 10.2. The minimum atomic E-state index is -0.413. The molecule has 0 bridgehead atoms. The molecule has 1 saturated heterocycles. The Bertz CT molecular complexity index is 1370. The van der Waals surface area contributed by atoms with Gasteiger partial charge < -0.3 is 14.0 Å². The fraction of sp³-hybridized carbons (Fsp3) is 0.350. The molecule has 11 heteroatoms. The van der Waals surface area contributed by atoms with Crippen LogP contribution in [0.5, 0.6) is 0 Å². The zero-order chi connectivity index (χ0) is 21.3. The van der Waals surface area contributed by atoms with Crippen molar-refractivity contribution in [3.63, 3.8) is 0 Å². The third kappa shape index (κ3) is 2.93. The van der Waals surface area contributed by atoms with Crippen LogP contribution in [0.4, 0.5) is 10.1 Å². The van der Waals surface area contributed by atoms with E-state index in [4.69, 9.17) is 16.1 Å². The molecule has 1 aromatic carbocycles. The van der Waals surface area contributed by atoms with E-state index >= 15 is 0 Å². The number of imidazole rings is 1. The Morgan fingerprint density at radius 3 is 2.77 bits per heavy atom. The number of benzene rings is 1. The Kier molecular flexibility index (Phi) is 3.95. The van der Waals surface area contributed by atoms with Crippen molar-refractivity contribution in [2.75, 3.05) is 18.0 Å². The number of nitrogens with zero attached hydrogens (tertiary/aromatic N) is 7. The summed E-state index contributed by atoms with van der Waals surface area (Å²) < 4.78 is 21.9. The zero-order valence-electron chi connectivity index (χ0n) is 16.4. The van der Waals surface area contributed by atoms with Crippen LogP contribution in [0.2, 0.25) is 5.02 Å². The number of aromatic nitrogens is 6. The summed E-state index contributed by atoms with van der Waals surface area (Å²) in [6.07, 6.45) is 3.00. The van der Waals surface area contributed by atoms with Gasteiger partial charge in [-0.25, -0.2) is 14.4 Å². The summed E-state index contributed by atoms with van der Waals surface area (Å²) in [6.45, 7) is 1.83. The summed E-state index contributed by atoms with van der Waals surface area (Å²) in [5.74, 6) is 1.70. The molecule has 6 rings (SSSR count). The largest absolute Gasteiger partial charge is 0.371 e. The van der Waals surface area contributed by atoms with Gasteiger partial charge in [-0.05, 0) is 30.0 Å². The van der Waals surface area contributed by atoms with Gasteiger partial charge in [-0.1, -0.05) is 16.8 Å². The molecule has 2 fully saturated rings. The van der Waals surface area contributed by atoms with Gasteiger partial charge in [-0.3, -0.25) is 9.36 Å². The van der Waals surface area contributed by atoms with Crippen molar-refractivity contribution in [1.29, 1.82) is 0 Å². The number of rotatable bonds is 4. The van der Waals surface area contributed by atoms with Gasteiger partial charge in [0.15, 0.2) is 17.0 Å². The lowest BCUT2D eigenvalue weighted by Crippen LogP contribution is -2.24. The number of anilines is 1. The average molecular weight is 442 g/mol. The number of piperidine rings is 1. The molecule has 9 nitrogen and oxygen atoms in total. The van der Waals surface area contributed by atoms with Crippen molar-refractivity contribution in [3.05, 3.63) is 63.8 Å². The predicted molar refractivity (Wildman–Crippen MR) is 110 cm³/mol. The van der Waals surface area contributed by atoms with Crippen LogP contribution in [0.3, 0.4) is 0 Å². The molecule has 1 aliphatic carbocycles. The Balaban J connectivity index is 1.16. The molecule has 4 heterocycles. The van der Waals surface area contributed by atoms with Crippen molar-refractivity contribution in [2.45, 2.75) is 12.5 Å². The topological polar surface area (TPSA) is 94.9 Å². The van der Waals surface area contributed by atoms with E-state index in [9.17, 15) is 9.18 Å². The first-order valence-electron chi connectivity index (χ1n) is 9.88. The Morgan fingerprint density at radius 2 is 2.00 bits per heavy atom. The molecular weight excluding hydrogens is 425 g/mol. The van der Waals surface area contributed by atoms with Crippen molar-refractivity contribution in [3.8, 4) is 0 Å². The van der Waals surface area contributed by atoms with E-state index in [0.29, 0.717) is 34.7 Å². The van der Waals surface area contributed by atoms with Crippen LogP contribution >= 0.6 is 11.6 Å². The molecular formula is C20H17ClFN7O2. The molecule has 0 N–H and O–H groups in total. The maximum Gasteiger partial charge on any atom is 0.280 e. The normalized spacial score (nSPS) is 22.3. The van der Waals surface area contributed by atoms with Gasteiger partial charge in [0.1, 0.15) is 18.7 Å². The first kappa shape index (κ1) is 18.5. The second-order valence-corrected chi connectivity index (χ2v) is 8.52. The SMILES string of the molecule is Cn1cnc2ncn(Cc3nc(C4[C@H]5CN(c6ccc(F)c(Cl)c6)C[C@@H]45)no3)c(=O)c21. The van der Waals surface area contributed by atoms with Crippen LogP contribution in [0.15, 0.2) is 40.2 Å². The molecule has 0 radical (unpaired) electrons. The molecule has 158 valence electrons. The monoisotopic (exact) mass is 441 g/mol. The number of halogens is 2. The van der Waals surface area contributed by atoms with Gasteiger partial charge in [0.05, 0.1) is 11.3 Å². The van der Waals surface area contributed by atoms with E-state index in [1.54, 1.807) is 30.1 Å². The minimum Gasteiger partial charge on any atom is -0.371 e. The lowest BCUT2D eigenvalue weighted by molar-refractivity contribution is 0.363. The number of hydrogen-bond donors (Lipinski definition) is 0. The summed E-state index contributed by atoms with van der Waals surface area (Å²) in [4.78, 5) is 27.7. The molecule has 31 heavy (non-hydrogen) atoms. The van der Waals surface area contributed by atoms with E-state index in [1.165, 1.54) is 17.0 Å². The van der Waals surface area contributed by atoms with E-state index in [-0.39, 0.29) is 23.0 Å². The molecule has 3 aromatic heterocycles. The number of aryl methyl sites for hydroxylation is 1. The van der Waals surface area contributed by atoms with Crippen LogP contribution < -0.4 is 10.5 Å². The Morgan fingerprint density at radius 1 is 1.23 bits per heavy atom. The highest BCUT2D eigenvalue weighted by Gasteiger charge is 2.58. The van der Waals surface area contributed by atoms with Crippen molar-refractivity contribution < 1.29 is 8.91 Å². The third-order valence-corrected chi connectivity index (χ3v) is 6.54. The van der Waals surface area contributed by atoms with Crippen LogP contribution in [0.25, 0.3) is 11.2 Å². The summed E-state index contributed by atoms with van der Waals surface area (Å²) in [5, 5.41) is 4.28. The quantitative estimate of drug-likeness (QED) is 0.479. The molecule has 4 aromatic rings. The number of hydrogen-bond acceptors (Lipinski definition) is 7. The molecule has 2 aliphatic rings. The lowest BCUT2D eigenvalue weighted by Gasteiger charge is -2.21. The fourth-order valence-corrected chi connectivity index (χ4v) is 4.77. The van der Waals surface area contributed by atoms with Gasteiger partial charge in [-0.15, -0.1) is 0 Å². The Hall–Kier alpha value is -3.27. The first-order chi connectivity index (χ1) is 15.0. The molecule has 1 aliphatic heterocycles. The van der Waals surface area contributed by atoms with Crippen LogP contribution in [-0.4, -0.2) is 42.3 Å². The van der Waals surface area contributed by atoms with Crippen molar-refractivity contribution in [1.82, 2.24) is 29.2 Å². The van der Waals surface area contributed by atoms with Gasteiger partial charge in [0.2, 0.25) is 5.89 Å². The second-order valence-electron chi connectivity index (χ2n) is 8.11. The van der Waals surface area contributed by atoms with Gasteiger partial charge in [0.25, 0.3) is 5.56 Å². The molecule has 0 amide bonds. The van der Waals surface area contributed by atoms with Crippen molar-refractivity contribution in [2.24, 2.45) is 18.9 Å². The fourth-order valence-electron chi connectivity index (χ4n) is 4.60. The summed E-state index contributed by atoms with van der Waals surface area (Å²) >= 11 is 5.91. The Labute approximate surface area is 180 Å². The van der Waals surface area contributed by atoms with Gasteiger partial charge in [0, 0.05) is 31.7 Å². The second kappa shape index (κ2) is 6.61.